The number of aliphatic hydroxyl groups excluding tert-OH is 1. The first-order valence-corrected chi connectivity index (χ1v) is 6.91. The Hall–Kier alpha value is -1.82. The van der Waals surface area contributed by atoms with Crippen molar-refractivity contribution in [3.63, 3.8) is 0 Å². The lowest BCUT2D eigenvalue weighted by atomic mass is 9.92. The van der Waals surface area contributed by atoms with Gasteiger partial charge in [-0.3, -0.25) is 10.1 Å². The second-order valence-electron chi connectivity index (χ2n) is 5.31. The maximum Gasteiger partial charge on any atom is 0.273 e. The predicted molar refractivity (Wildman–Crippen MR) is 79.3 cm³/mol. The number of non-ortho nitro benzene ring substituents is 1. The number of nitrogens with zero attached hydrogens (tertiary/aromatic N) is 2. The lowest BCUT2D eigenvalue weighted by Crippen LogP contribution is -2.37. The number of anilines is 2. The molecule has 20 heavy (non-hydrogen) atoms. The number of hydrogen-bond donors (Lipinski definition) is 2. The van der Waals surface area contributed by atoms with Crippen LogP contribution in [0.15, 0.2) is 18.2 Å². The van der Waals surface area contributed by atoms with E-state index in [1.807, 2.05) is 13.0 Å². The van der Waals surface area contributed by atoms with E-state index >= 15 is 0 Å². The molecule has 1 heterocycles. The van der Waals surface area contributed by atoms with Crippen molar-refractivity contribution in [1.29, 1.82) is 0 Å². The fourth-order valence-electron chi connectivity index (χ4n) is 2.67. The van der Waals surface area contributed by atoms with Crippen molar-refractivity contribution < 1.29 is 10.0 Å². The molecule has 1 aliphatic rings. The minimum atomic E-state index is -0.368. The van der Waals surface area contributed by atoms with E-state index in [0.29, 0.717) is 5.92 Å². The summed E-state index contributed by atoms with van der Waals surface area (Å²) in [5.74, 6) is 0.328. The molecule has 0 radical (unpaired) electrons. The molecule has 6 nitrogen and oxygen atoms in total. The number of piperidine rings is 1. The van der Waals surface area contributed by atoms with Gasteiger partial charge in [0.25, 0.3) is 5.69 Å². The highest BCUT2D eigenvalue weighted by atomic mass is 16.6. The van der Waals surface area contributed by atoms with Crippen molar-refractivity contribution in [2.75, 3.05) is 30.4 Å². The van der Waals surface area contributed by atoms with Crippen molar-refractivity contribution in [1.82, 2.24) is 0 Å². The summed E-state index contributed by atoms with van der Waals surface area (Å²) in [5, 5.41) is 23.5. The van der Waals surface area contributed by atoms with Gasteiger partial charge in [-0.15, -0.1) is 0 Å². The Morgan fingerprint density at radius 1 is 1.40 bits per heavy atom. The van der Waals surface area contributed by atoms with E-state index < -0.39 is 0 Å². The summed E-state index contributed by atoms with van der Waals surface area (Å²) in [6.45, 7) is 3.46. The summed E-state index contributed by atoms with van der Waals surface area (Å²) in [7, 11) is 1.75. The SMILES string of the molecule is CNc1cc(N2CCC(C(C)O)CC2)cc([N+](=O)[O-])c1. The van der Waals surface area contributed by atoms with Crippen molar-refractivity contribution in [2.24, 2.45) is 5.92 Å². The number of aliphatic hydroxyl groups is 1. The molecule has 1 aliphatic heterocycles. The van der Waals surface area contributed by atoms with Gasteiger partial charge in [-0.1, -0.05) is 0 Å². The van der Waals surface area contributed by atoms with Crippen LogP contribution in [0.3, 0.4) is 0 Å². The topological polar surface area (TPSA) is 78.6 Å². The van der Waals surface area contributed by atoms with E-state index in [1.165, 1.54) is 6.07 Å². The standard InChI is InChI=1S/C14H21N3O3/c1-10(18)11-3-5-16(6-4-11)13-7-12(15-2)8-14(9-13)17(19)20/h7-11,15,18H,3-6H2,1-2H3. The van der Waals surface area contributed by atoms with Crippen LogP contribution in [0.2, 0.25) is 0 Å². The highest BCUT2D eigenvalue weighted by Gasteiger charge is 2.24. The zero-order chi connectivity index (χ0) is 14.7. The lowest BCUT2D eigenvalue weighted by molar-refractivity contribution is -0.384. The third-order valence-electron chi connectivity index (χ3n) is 3.99. The molecule has 0 aliphatic carbocycles. The minimum absolute atomic E-state index is 0.101. The number of nitrogens with one attached hydrogen (secondary N) is 1. The molecule has 1 atom stereocenters. The molecule has 0 saturated carbocycles. The van der Waals surface area contributed by atoms with Gasteiger partial charge in [0.2, 0.25) is 0 Å². The number of rotatable bonds is 4. The number of benzene rings is 1. The van der Waals surface area contributed by atoms with Gasteiger partial charge in [0, 0.05) is 43.6 Å². The molecule has 110 valence electrons. The Bertz CT molecular complexity index is 483. The maximum atomic E-state index is 11.0. The van der Waals surface area contributed by atoms with Crippen LogP contribution in [0.1, 0.15) is 19.8 Å². The first-order valence-electron chi connectivity index (χ1n) is 6.91. The van der Waals surface area contributed by atoms with E-state index in [2.05, 4.69) is 10.2 Å². The van der Waals surface area contributed by atoms with Crippen molar-refractivity contribution in [3.8, 4) is 0 Å². The van der Waals surface area contributed by atoms with Crippen molar-refractivity contribution in [2.45, 2.75) is 25.9 Å². The molecule has 0 bridgehead atoms. The Balaban J connectivity index is 2.17. The van der Waals surface area contributed by atoms with Crippen LogP contribution in [-0.4, -0.2) is 36.3 Å². The second-order valence-corrected chi connectivity index (χ2v) is 5.31. The van der Waals surface area contributed by atoms with E-state index in [9.17, 15) is 15.2 Å². The third kappa shape index (κ3) is 3.19. The molecular formula is C14H21N3O3. The van der Waals surface area contributed by atoms with Gasteiger partial charge in [-0.2, -0.15) is 0 Å². The second kappa shape index (κ2) is 6.09. The highest BCUT2D eigenvalue weighted by Crippen LogP contribution is 2.30. The lowest BCUT2D eigenvalue weighted by Gasteiger charge is -2.34. The number of nitro groups is 1. The van der Waals surface area contributed by atoms with E-state index in [1.54, 1.807) is 13.1 Å². The molecule has 0 aromatic heterocycles. The molecule has 6 heteroatoms. The van der Waals surface area contributed by atoms with Crippen molar-refractivity contribution in [3.05, 3.63) is 28.3 Å². The molecule has 0 spiro atoms. The quantitative estimate of drug-likeness (QED) is 0.652. The van der Waals surface area contributed by atoms with Crippen LogP contribution in [0.5, 0.6) is 0 Å². The van der Waals surface area contributed by atoms with Gasteiger partial charge in [0.05, 0.1) is 11.0 Å². The van der Waals surface area contributed by atoms with Crippen molar-refractivity contribution >= 4 is 17.1 Å². The molecule has 1 aromatic carbocycles. The monoisotopic (exact) mass is 279 g/mol. The van der Waals surface area contributed by atoms with E-state index in [4.69, 9.17) is 0 Å². The Labute approximate surface area is 118 Å². The molecular weight excluding hydrogens is 258 g/mol. The van der Waals surface area contributed by atoms with Gasteiger partial charge in [-0.05, 0) is 31.7 Å². The molecule has 1 saturated heterocycles. The molecule has 2 rings (SSSR count). The van der Waals surface area contributed by atoms with Gasteiger partial charge in [-0.25, -0.2) is 0 Å². The predicted octanol–water partition coefficient (Wildman–Crippen LogP) is 2.23. The zero-order valence-electron chi connectivity index (χ0n) is 11.9. The summed E-state index contributed by atoms with van der Waals surface area (Å²) in [5.41, 5.74) is 1.71. The van der Waals surface area contributed by atoms with Crippen LogP contribution in [0.25, 0.3) is 0 Å². The Morgan fingerprint density at radius 2 is 2.05 bits per heavy atom. The van der Waals surface area contributed by atoms with Gasteiger partial charge < -0.3 is 15.3 Å². The van der Waals surface area contributed by atoms with Gasteiger partial charge in [0.1, 0.15) is 0 Å². The minimum Gasteiger partial charge on any atom is -0.393 e. The summed E-state index contributed by atoms with van der Waals surface area (Å²) in [6, 6.07) is 5.07. The van der Waals surface area contributed by atoms with E-state index in [0.717, 1.165) is 37.3 Å². The summed E-state index contributed by atoms with van der Waals surface area (Å²) >= 11 is 0. The first kappa shape index (κ1) is 14.6. The first-order chi connectivity index (χ1) is 9.51. The smallest absolute Gasteiger partial charge is 0.273 e. The highest BCUT2D eigenvalue weighted by molar-refractivity contribution is 5.64. The number of nitro benzene ring substituents is 1. The van der Waals surface area contributed by atoms with Crippen LogP contribution >= 0.6 is 0 Å². The third-order valence-corrected chi connectivity index (χ3v) is 3.99. The molecule has 1 fully saturated rings. The molecule has 1 aromatic rings. The van der Waals surface area contributed by atoms with Crippen LogP contribution in [0.4, 0.5) is 17.1 Å². The largest absolute Gasteiger partial charge is 0.393 e. The molecule has 1 unspecified atom stereocenters. The molecule has 2 N–H and O–H groups in total. The fraction of sp³-hybridized carbons (Fsp3) is 0.571. The van der Waals surface area contributed by atoms with E-state index in [-0.39, 0.29) is 16.7 Å². The average Bonchev–Trinajstić information content (AvgIpc) is 2.46. The van der Waals surface area contributed by atoms with Crippen LogP contribution in [0, 0.1) is 16.0 Å². The summed E-state index contributed by atoms with van der Waals surface area (Å²) in [6.07, 6.45) is 1.54. The zero-order valence-corrected chi connectivity index (χ0v) is 11.9. The normalized spacial score (nSPS) is 17.9. The van der Waals surface area contributed by atoms with Crippen LogP contribution in [-0.2, 0) is 0 Å². The average molecular weight is 279 g/mol. The Kier molecular flexibility index (Phi) is 4.44. The summed E-state index contributed by atoms with van der Waals surface area (Å²) in [4.78, 5) is 12.7. The van der Waals surface area contributed by atoms with Gasteiger partial charge >= 0.3 is 0 Å². The Morgan fingerprint density at radius 3 is 2.55 bits per heavy atom. The molecule has 0 amide bonds. The fourth-order valence-corrected chi connectivity index (χ4v) is 2.67. The maximum absolute atomic E-state index is 11.0. The number of hydrogen-bond acceptors (Lipinski definition) is 5. The summed E-state index contributed by atoms with van der Waals surface area (Å²) < 4.78 is 0. The van der Waals surface area contributed by atoms with Crippen LogP contribution < -0.4 is 10.2 Å². The van der Waals surface area contributed by atoms with Gasteiger partial charge in [0.15, 0.2) is 0 Å².